The Morgan fingerprint density at radius 2 is 2.00 bits per heavy atom. The van der Waals surface area contributed by atoms with E-state index in [4.69, 9.17) is 0 Å². The van der Waals surface area contributed by atoms with Crippen molar-refractivity contribution in [1.82, 2.24) is 4.90 Å². The minimum absolute atomic E-state index is 0.0218. The maximum atomic E-state index is 12.6. The first-order chi connectivity index (χ1) is 12.3. The Bertz CT molecular complexity index is 921. The van der Waals surface area contributed by atoms with E-state index >= 15 is 0 Å². The van der Waals surface area contributed by atoms with Crippen LogP contribution in [0.15, 0.2) is 36.4 Å². The lowest BCUT2D eigenvalue weighted by molar-refractivity contribution is -0.385. The zero-order valence-corrected chi connectivity index (χ0v) is 14.8. The highest BCUT2D eigenvalue weighted by Gasteiger charge is 2.27. The van der Waals surface area contributed by atoms with E-state index in [2.05, 4.69) is 5.32 Å². The third kappa shape index (κ3) is 3.03. The van der Waals surface area contributed by atoms with Crippen LogP contribution in [-0.2, 0) is 6.54 Å². The first-order valence-electron chi connectivity index (χ1n) is 8.26. The number of nitrogens with one attached hydrogen (secondary N) is 1. The van der Waals surface area contributed by atoms with Crippen LogP contribution >= 0.6 is 0 Å². The van der Waals surface area contributed by atoms with Gasteiger partial charge in [0.25, 0.3) is 17.5 Å². The highest BCUT2D eigenvalue weighted by atomic mass is 16.6. The summed E-state index contributed by atoms with van der Waals surface area (Å²) in [5, 5.41) is 14.1. The summed E-state index contributed by atoms with van der Waals surface area (Å²) < 4.78 is 0. The standard InChI is InChI=1S/C19H19N3O4/c1-11(2)13-8-7-12(9-17(13)22(25)26)18(23)20-16-6-4-5-14-15(16)10-21(3)19(14)24/h4-9,11H,10H2,1-3H3,(H,20,23). The van der Waals surface area contributed by atoms with Crippen LogP contribution in [-0.4, -0.2) is 28.7 Å². The first-order valence-corrected chi connectivity index (χ1v) is 8.26. The highest BCUT2D eigenvalue weighted by molar-refractivity contribution is 6.07. The number of hydrogen-bond donors (Lipinski definition) is 1. The lowest BCUT2D eigenvalue weighted by Gasteiger charge is -2.11. The van der Waals surface area contributed by atoms with E-state index in [0.717, 1.165) is 5.56 Å². The van der Waals surface area contributed by atoms with Crippen LogP contribution in [0.4, 0.5) is 11.4 Å². The van der Waals surface area contributed by atoms with Gasteiger partial charge in [0.05, 0.1) is 4.92 Å². The Labute approximate surface area is 150 Å². The van der Waals surface area contributed by atoms with Gasteiger partial charge in [-0.15, -0.1) is 0 Å². The Morgan fingerprint density at radius 3 is 2.65 bits per heavy atom. The second kappa shape index (κ2) is 6.59. The summed E-state index contributed by atoms with van der Waals surface area (Å²) >= 11 is 0. The topological polar surface area (TPSA) is 92.6 Å². The van der Waals surface area contributed by atoms with Crippen molar-refractivity contribution < 1.29 is 14.5 Å². The summed E-state index contributed by atoms with van der Waals surface area (Å²) in [7, 11) is 1.70. The molecule has 1 heterocycles. The van der Waals surface area contributed by atoms with Crippen molar-refractivity contribution in [2.75, 3.05) is 12.4 Å². The number of fused-ring (bicyclic) bond motifs is 1. The number of carbonyl (C=O) groups is 2. The average molecular weight is 353 g/mol. The molecule has 0 radical (unpaired) electrons. The minimum atomic E-state index is -0.472. The summed E-state index contributed by atoms with van der Waals surface area (Å²) in [4.78, 5) is 37.1. The molecule has 2 amide bonds. The van der Waals surface area contributed by atoms with Gasteiger partial charge in [-0.25, -0.2) is 0 Å². The molecule has 2 aromatic carbocycles. The van der Waals surface area contributed by atoms with Crippen molar-refractivity contribution >= 4 is 23.2 Å². The van der Waals surface area contributed by atoms with Crippen molar-refractivity contribution in [1.29, 1.82) is 0 Å². The number of amides is 2. The molecule has 0 spiro atoms. The van der Waals surface area contributed by atoms with Crippen molar-refractivity contribution in [3.63, 3.8) is 0 Å². The number of carbonyl (C=O) groups excluding carboxylic acids is 2. The van der Waals surface area contributed by atoms with Crippen LogP contribution in [0, 0.1) is 10.1 Å². The maximum Gasteiger partial charge on any atom is 0.273 e. The molecular weight excluding hydrogens is 334 g/mol. The largest absolute Gasteiger partial charge is 0.337 e. The Kier molecular flexibility index (Phi) is 4.46. The zero-order valence-electron chi connectivity index (χ0n) is 14.8. The average Bonchev–Trinajstić information content (AvgIpc) is 2.90. The molecule has 0 atom stereocenters. The van der Waals surface area contributed by atoms with Crippen LogP contribution in [0.1, 0.15) is 51.6 Å². The molecule has 2 aromatic rings. The monoisotopic (exact) mass is 353 g/mol. The number of anilines is 1. The molecule has 1 aliphatic heterocycles. The molecule has 0 unspecified atom stereocenters. The van der Waals surface area contributed by atoms with Crippen LogP contribution < -0.4 is 5.32 Å². The van der Waals surface area contributed by atoms with Gasteiger partial charge < -0.3 is 10.2 Å². The lowest BCUT2D eigenvalue weighted by Crippen LogP contribution is -2.17. The normalized spacial score (nSPS) is 13.1. The fourth-order valence-corrected chi connectivity index (χ4v) is 3.11. The molecule has 0 aliphatic carbocycles. The van der Waals surface area contributed by atoms with Gasteiger partial charge in [0.1, 0.15) is 0 Å². The minimum Gasteiger partial charge on any atom is -0.337 e. The molecule has 7 nitrogen and oxygen atoms in total. The van der Waals surface area contributed by atoms with Crippen molar-refractivity contribution in [2.45, 2.75) is 26.3 Å². The van der Waals surface area contributed by atoms with Gasteiger partial charge in [-0.3, -0.25) is 19.7 Å². The fraction of sp³-hybridized carbons (Fsp3) is 0.263. The Morgan fingerprint density at radius 1 is 1.27 bits per heavy atom. The van der Waals surface area contributed by atoms with E-state index in [1.807, 2.05) is 13.8 Å². The van der Waals surface area contributed by atoms with Gasteiger partial charge in [0.15, 0.2) is 0 Å². The molecule has 1 aliphatic rings. The summed E-state index contributed by atoms with van der Waals surface area (Å²) in [6, 6.07) is 9.64. The summed E-state index contributed by atoms with van der Waals surface area (Å²) in [6.45, 7) is 4.14. The van der Waals surface area contributed by atoms with Crippen LogP contribution in [0.5, 0.6) is 0 Å². The van der Waals surface area contributed by atoms with Crippen LogP contribution in [0.2, 0.25) is 0 Å². The number of rotatable bonds is 4. The maximum absolute atomic E-state index is 12.6. The van der Waals surface area contributed by atoms with Crippen molar-refractivity contribution in [3.05, 3.63) is 68.8 Å². The molecule has 0 saturated heterocycles. The van der Waals surface area contributed by atoms with E-state index in [-0.39, 0.29) is 23.1 Å². The van der Waals surface area contributed by atoms with E-state index < -0.39 is 10.8 Å². The fourth-order valence-electron chi connectivity index (χ4n) is 3.11. The molecule has 0 saturated carbocycles. The molecule has 0 fully saturated rings. The van der Waals surface area contributed by atoms with Gasteiger partial charge in [-0.2, -0.15) is 0 Å². The summed E-state index contributed by atoms with van der Waals surface area (Å²) in [6.07, 6.45) is 0. The molecule has 26 heavy (non-hydrogen) atoms. The third-order valence-electron chi connectivity index (χ3n) is 4.51. The van der Waals surface area contributed by atoms with Crippen molar-refractivity contribution in [3.8, 4) is 0 Å². The summed E-state index contributed by atoms with van der Waals surface area (Å²) in [5.41, 5.74) is 2.57. The van der Waals surface area contributed by atoms with Gasteiger partial charge in [-0.1, -0.05) is 26.0 Å². The van der Waals surface area contributed by atoms with E-state index in [1.165, 1.54) is 6.07 Å². The molecular formula is C19H19N3O4. The first kappa shape index (κ1) is 17.6. The summed E-state index contributed by atoms with van der Waals surface area (Å²) in [5.74, 6) is -0.557. The number of nitro benzene ring substituents is 1. The molecule has 3 rings (SSSR count). The molecule has 0 bridgehead atoms. The third-order valence-corrected chi connectivity index (χ3v) is 4.51. The number of nitro groups is 1. The molecule has 7 heteroatoms. The number of benzene rings is 2. The van der Waals surface area contributed by atoms with E-state index in [0.29, 0.717) is 23.4 Å². The second-order valence-corrected chi connectivity index (χ2v) is 6.63. The second-order valence-electron chi connectivity index (χ2n) is 6.63. The Hall–Kier alpha value is -3.22. The van der Waals surface area contributed by atoms with Crippen molar-refractivity contribution in [2.24, 2.45) is 0 Å². The van der Waals surface area contributed by atoms with Crippen LogP contribution in [0.25, 0.3) is 0 Å². The lowest BCUT2D eigenvalue weighted by atomic mass is 9.99. The van der Waals surface area contributed by atoms with Gasteiger partial charge in [-0.05, 0) is 24.1 Å². The smallest absolute Gasteiger partial charge is 0.273 e. The number of nitrogens with zero attached hydrogens (tertiary/aromatic N) is 2. The van der Waals surface area contributed by atoms with E-state index in [1.54, 1.807) is 42.3 Å². The predicted molar refractivity (Wildman–Crippen MR) is 97.4 cm³/mol. The SMILES string of the molecule is CC(C)c1ccc(C(=O)Nc2cccc3c2CN(C)C3=O)cc1[N+](=O)[O-]. The number of hydrogen-bond acceptors (Lipinski definition) is 4. The van der Waals surface area contributed by atoms with Gasteiger partial charge in [0.2, 0.25) is 0 Å². The van der Waals surface area contributed by atoms with Gasteiger partial charge in [0, 0.05) is 47.6 Å². The zero-order chi connectivity index (χ0) is 19.0. The van der Waals surface area contributed by atoms with Gasteiger partial charge >= 0.3 is 0 Å². The van der Waals surface area contributed by atoms with Crippen LogP contribution in [0.3, 0.4) is 0 Å². The highest BCUT2D eigenvalue weighted by Crippen LogP contribution is 2.30. The molecule has 1 N–H and O–H groups in total. The Balaban J connectivity index is 1.92. The molecule has 0 aromatic heterocycles. The predicted octanol–water partition coefficient (Wildman–Crippen LogP) is 3.56. The quantitative estimate of drug-likeness (QED) is 0.672. The van der Waals surface area contributed by atoms with E-state index in [9.17, 15) is 19.7 Å². The molecule has 134 valence electrons.